The molecule has 2 amide bonds. The molecule has 2 aliphatic rings. The minimum absolute atomic E-state index is 0.000952. The zero-order valence-corrected chi connectivity index (χ0v) is 18.9. The van der Waals surface area contributed by atoms with Crippen LogP contribution in [0.1, 0.15) is 28.1 Å². The Hall–Kier alpha value is -2.59. The Bertz CT molecular complexity index is 942. The number of halogens is 3. The fourth-order valence-electron chi connectivity index (χ4n) is 4.36. The van der Waals surface area contributed by atoms with Crippen molar-refractivity contribution in [1.29, 1.82) is 0 Å². The van der Waals surface area contributed by atoms with Crippen LogP contribution in [0.4, 0.5) is 13.2 Å². The molecule has 0 radical (unpaired) electrons. The van der Waals surface area contributed by atoms with E-state index in [-0.39, 0.29) is 23.5 Å². The molecule has 1 aromatic heterocycles. The van der Waals surface area contributed by atoms with Gasteiger partial charge in [0.1, 0.15) is 5.75 Å². The van der Waals surface area contributed by atoms with E-state index in [2.05, 4.69) is 9.64 Å². The van der Waals surface area contributed by atoms with Gasteiger partial charge in [0.15, 0.2) is 0 Å². The van der Waals surface area contributed by atoms with Gasteiger partial charge in [-0.05, 0) is 42.0 Å². The highest BCUT2D eigenvalue weighted by atomic mass is 32.1. The van der Waals surface area contributed by atoms with E-state index in [1.54, 1.807) is 17.0 Å². The van der Waals surface area contributed by atoms with Crippen LogP contribution in [0.3, 0.4) is 0 Å². The summed E-state index contributed by atoms with van der Waals surface area (Å²) in [5.41, 5.74) is 0.888. The van der Waals surface area contributed by atoms with Crippen LogP contribution >= 0.6 is 11.3 Å². The number of carbonyl (C=O) groups is 2. The van der Waals surface area contributed by atoms with Gasteiger partial charge < -0.3 is 14.5 Å². The lowest BCUT2D eigenvalue weighted by Crippen LogP contribution is -2.52. The van der Waals surface area contributed by atoms with Crippen molar-refractivity contribution in [2.75, 3.05) is 39.3 Å². The molecule has 2 saturated heterocycles. The predicted molar refractivity (Wildman–Crippen MR) is 118 cm³/mol. The number of rotatable bonds is 5. The minimum atomic E-state index is -4.70. The molecular formula is C23H26F3N3O3S. The van der Waals surface area contributed by atoms with E-state index in [0.29, 0.717) is 50.7 Å². The standard InChI is InChI=1S/C23H26F3N3O3S/c24-23(25,26)32-19-7-5-17(6-8-19)15-27-10-12-28(13-11-27)21(30)18-3-1-9-29(16-18)22(31)20-4-2-14-33-20/h2,4-8,14,18H,1,3,9-13,15-16H2. The molecule has 2 fully saturated rings. The predicted octanol–water partition coefficient (Wildman–Crippen LogP) is 3.84. The third kappa shape index (κ3) is 6.26. The van der Waals surface area contributed by atoms with E-state index in [1.807, 2.05) is 22.4 Å². The molecule has 1 aromatic carbocycles. The van der Waals surface area contributed by atoms with Gasteiger partial charge in [-0.2, -0.15) is 0 Å². The van der Waals surface area contributed by atoms with E-state index >= 15 is 0 Å². The zero-order valence-electron chi connectivity index (χ0n) is 18.1. The van der Waals surface area contributed by atoms with Gasteiger partial charge in [-0.1, -0.05) is 18.2 Å². The Morgan fingerprint density at radius 2 is 1.73 bits per heavy atom. The summed E-state index contributed by atoms with van der Waals surface area (Å²) in [5, 5.41) is 1.88. The van der Waals surface area contributed by atoms with Crippen molar-refractivity contribution < 1.29 is 27.5 Å². The molecule has 2 aliphatic heterocycles. The Labute approximate surface area is 194 Å². The summed E-state index contributed by atoms with van der Waals surface area (Å²) in [6.07, 6.45) is -3.09. The van der Waals surface area contributed by atoms with Gasteiger partial charge in [0.25, 0.3) is 5.91 Å². The normalized spacial score (nSPS) is 20.0. The van der Waals surface area contributed by atoms with Crippen molar-refractivity contribution in [3.8, 4) is 5.75 Å². The molecule has 10 heteroatoms. The number of piperidine rings is 1. The van der Waals surface area contributed by atoms with Crippen molar-refractivity contribution in [2.45, 2.75) is 25.7 Å². The number of alkyl halides is 3. The smallest absolute Gasteiger partial charge is 0.406 e. The van der Waals surface area contributed by atoms with Crippen molar-refractivity contribution in [1.82, 2.24) is 14.7 Å². The molecule has 6 nitrogen and oxygen atoms in total. The second kappa shape index (κ2) is 10.1. The Morgan fingerprint density at radius 3 is 2.36 bits per heavy atom. The number of nitrogens with zero attached hydrogens (tertiary/aromatic N) is 3. The zero-order chi connectivity index (χ0) is 23.4. The summed E-state index contributed by atoms with van der Waals surface area (Å²) in [5.74, 6) is -0.304. The summed E-state index contributed by atoms with van der Waals surface area (Å²) < 4.78 is 40.8. The summed E-state index contributed by atoms with van der Waals surface area (Å²) in [7, 11) is 0. The molecule has 1 atom stereocenters. The lowest BCUT2D eigenvalue weighted by atomic mass is 9.96. The molecule has 0 N–H and O–H groups in total. The van der Waals surface area contributed by atoms with Gasteiger partial charge in [-0.15, -0.1) is 24.5 Å². The highest BCUT2D eigenvalue weighted by molar-refractivity contribution is 7.12. The van der Waals surface area contributed by atoms with E-state index in [4.69, 9.17) is 0 Å². The maximum atomic E-state index is 13.1. The average Bonchev–Trinajstić information content (AvgIpc) is 3.34. The maximum absolute atomic E-state index is 13.1. The number of piperazine rings is 1. The van der Waals surface area contributed by atoms with Crippen molar-refractivity contribution >= 4 is 23.2 Å². The van der Waals surface area contributed by atoms with E-state index in [1.165, 1.54) is 23.5 Å². The van der Waals surface area contributed by atoms with Crippen molar-refractivity contribution in [2.24, 2.45) is 5.92 Å². The fourth-order valence-corrected chi connectivity index (χ4v) is 5.05. The molecule has 1 unspecified atom stereocenters. The largest absolute Gasteiger partial charge is 0.573 e. The van der Waals surface area contributed by atoms with Crippen LogP contribution in [0, 0.1) is 5.92 Å². The maximum Gasteiger partial charge on any atom is 0.573 e. The van der Waals surface area contributed by atoms with Crippen LogP contribution < -0.4 is 4.74 Å². The number of amides is 2. The number of ether oxygens (including phenoxy) is 1. The number of hydrogen-bond donors (Lipinski definition) is 0. The van der Waals surface area contributed by atoms with Crippen molar-refractivity contribution in [3.05, 3.63) is 52.2 Å². The summed E-state index contributed by atoms with van der Waals surface area (Å²) in [4.78, 5) is 32.3. The van der Waals surface area contributed by atoms with Gasteiger partial charge in [0.05, 0.1) is 10.8 Å². The second-order valence-electron chi connectivity index (χ2n) is 8.36. The van der Waals surface area contributed by atoms with Crippen LogP contribution in [0.5, 0.6) is 5.75 Å². The lowest BCUT2D eigenvalue weighted by molar-refractivity contribution is -0.274. The van der Waals surface area contributed by atoms with Crippen LogP contribution in [-0.4, -0.2) is 72.1 Å². The van der Waals surface area contributed by atoms with Gasteiger partial charge in [-0.3, -0.25) is 14.5 Å². The monoisotopic (exact) mass is 481 g/mol. The molecular weight excluding hydrogens is 455 g/mol. The molecule has 178 valence electrons. The molecule has 0 aliphatic carbocycles. The summed E-state index contributed by atoms with van der Waals surface area (Å²) in [6, 6.07) is 9.55. The first-order valence-electron chi connectivity index (χ1n) is 11.0. The molecule has 3 heterocycles. The molecule has 2 aromatic rings. The fraction of sp³-hybridized carbons (Fsp3) is 0.478. The minimum Gasteiger partial charge on any atom is -0.406 e. The lowest BCUT2D eigenvalue weighted by Gasteiger charge is -2.39. The van der Waals surface area contributed by atoms with E-state index in [0.717, 1.165) is 18.4 Å². The van der Waals surface area contributed by atoms with Crippen LogP contribution in [0.25, 0.3) is 0 Å². The summed E-state index contributed by atoms with van der Waals surface area (Å²) >= 11 is 1.42. The molecule has 0 spiro atoms. The average molecular weight is 482 g/mol. The molecule has 0 saturated carbocycles. The van der Waals surface area contributed by atoms with Gasteiger partial charge in [-0.25, -0.2) is 0 Å². The van der Waals surface area contributed by atoms with Crippen LogP contribution in [0.15, 0.2) is 41.8 Å². The van der Waals surface area contributed by atoms with Crippen LogP contribution in [-0.2, 0) is 11.3 Å². The highest BCUT2D eigenvalue weighted by Crippen LogP contribution is 2.25. The number of thiophene rings is 1. The van der Waals surface area contributed by atoms with Crippen LogP contribution in [0.2, 0.25) is 0 Å². The topological polar surface area (TPSA) is 53.1 Å². The number of likely N-dealkylation sites (tertiary alicyclic amines) is 1. The van der Waals surface area contributed by atoms with Gasteiger partial charge >= 0.3 is 6.36 Å². The SMILES string of the molecule is O=C(c1cccs1)N1CCCC(C(=O)N2CCN(Cc3ccc(OC(F)(F)F)cc3)CC2)C1. The Kier molecular flexibility index (Phi) is 7.23. The Balaban J connectivity index is 1.25. The first-order valence-corrected chi connectivity index (χ1v) is 11.8. The molecule has 0 bridgehead atoms. The molecule has 4 rings (SSSR count). The number of hydrogen-bond acceptors (Lipinski definition) is 5. The molecule has 33 heavy (non-hydrogen) atoms. The second-order valence-corrected chi connectivity index (χ2v) is 9.31. The van der Waals surface area contributed by atoms with E-state index in [9.17, 15) is 22.8 Å². The quantitative estimate of drug-likeness (QED) is 0.651. The first-order chi connectivity index (χ1) is 15.8. The third-order valence-corrected chi connectivity index (χ3v) is 6.89. The van der Waals surface area contributed by atoms with Gasteiger partial charge in [0, 0.05) is 45.8 Å². The van der Waals surface area contributed by atoms with Gasteiger partial charge in [0.2, 0.25) is 5.91 Å². The van der Waals surface area contributed by atoms with E-state index < -0.39 is 6.36 Å². The number of benzene rings is 1. The summed E-state index contributed by atoms with van der Waals surface area (Å²) in [6.45, 7) is 4.32. The first kappa shape index (κ1) is 23.6. The number of carbonyl (C=O) groups excluding carboxylic acids is 2. The Morgan fingerprint density at radius 1 is 1.00 bits per heavy atom. The third-order valence-electron chi connectivity index (χ3n) is 6.04. The van der Waals surface area contributed by atoms with Crippen molar-refractivity contribution in [3.63, 3.8) is 0 Å². The highest BCUT2D eigenvalue weighted by Gasteiger charge is 2.33.